The van der Waals surface area contributed by atoms with Crippen LogP contribution < -0.4 is 15.0 Å². The van der Waals surface area contributed by atoms with Gasteiger partial charge in [0.15, 0.2) is 11.5 Å². The lowest BCUT2D eigenvalue weighted by atomic mass is 9.86. The molecule has 2 heterocycles. The second kappa shape index (κ2) is 6.87. The Morgan fingerprint density at radius 2 is 1.84 bits per heavy atom. The maximum Gasteiger partial charge on any atom is 0.196 e. The van der Waals surface area contributed by atoms with E-state index in [-0.39, 0.29) is 5.78 Å². The number of nitrogens with zero attached hydrogens (tertiary/aromatic N) is 2. The van der Waals surface area contributed by atoms with Crippen LogP contribution in [-0.2, 0) is 0 Å². The summed E-state index contributed by atoms with van der Waals surface area (Å²) >= 11 is 0. The molecule has 0 unspecified atom stereocenters. The first-order chi connectivity index (χ1) is 15.2. The number of hydrogen-bond donors (Lipinski definition) is 1. The van der Waals surface area contributed by atoms with Gasteiger partial charge in [-0.05, 0) is 31.0 Å². The number of fused-ring (bicyclic) bond motifs is 2. The second-order valence-corrected chi connectivity index (χ2v) is 7.98. The first kappa shape index (κ1) is 18.0. The molecule has 2 aliphatic rings. The highest BCUT2D eigenvalue weighted by molar-refractivity contribution is 6.28. The quantitative estimate of drug-likeness (QED) is 0.428. The van der Waals surface area contributed by atoms with E-state index in [1.165, 1.54) is 0 Å². The van der Waals surface area contributed by atoms with Crippen molar-refractivity contribution in [3.63, 3.8) is 0 Å². The average Bonchev–Trinajstić information content (AvgIpc) is 3.49. The van der Waals surface area contributed by atoms with E-state index >= 15 is 0 Å². The number of aromatic nitrogens is 1. The van der Waals surface area contributed by atoms with Crippen LogP contribution in [0.5, 0.6) is 5.75 Å². The van der Waals surface area contributed by atoms with Crippen molar-refractivity contribution in [2.24, 2.45) is 0 Å². The number of carbonyl (C=O) groups excluding carboxylic acids is 1. The minimum atomic E-state index is -0.0188. The lowest BCUT2D eigenvalue weighted by Gasteiger charge is -2.23. The molecule has 0 radical (unpaired) electrons. The molecule has 0 atom stereocenters. The molecular weight excluding hydrogens is 390 g/mol. The Bertz CT molecular complexity index is 1340. The number of carbonyl (C=O) groups is 1. The zero-order chi connectivity index (χ0) is 20.9. The maximum atomic E-state index is 13.6. The van der Waals surface area contributed by atoms with E-state index in [9.17, 15) is 4.79 Å². The van der Waals surface area contributed by atoms with E-state index in [4.69, 9.17) is 9.26 Å². The van der Waals surface area contributed by atoms with Gasteiger partial charge in [-0.15, -0.1) is 0 Å². The monoisotopic (exact) mass is 411 g/mol. The van der Waals surface area contributed by atoms with Crippen molar-refractivity contribution in [2.75, 3.05) is 30.4 Å². The van der Waals surface area contributed by atoms with Crippen LogP contribution in [-0.4, -0.2) is 31.1 Å². The van der Waals surface area contributed by atoms with Crippen LogP contribution in [0.15, 0.2) is 59.1 Å². The molecule has 0 saturated carbocycles. The minimum absolute atomic E-state index is 0.0188. The molecule has 154 valence electrons. The molecule has 1 aromatic heterocycles. The maximum absolute atomic E-state index is 13.6. The Kier molecular flexibility index (Phi) is 3.99. The van der Waals surface area contributed by atoms with Gasteiger partial charge in [0.25, 0.3) is 0 Å². The Morgan fingerprint density at radius 3 is 2.65 bits per heavy atom. The molecule has 4 aromatic rings. The topological polar surface area (TPSA) is 67.6 Å². The third-order valence-corrected chi connectivity index (χ3v) is 6.17. The van der Waals surface area contributed by atoms with Crippen LogP contribution in [0.1, 0.15) is 28.8 Å². The molecule has 6 heteroatoms. The molecule has 1 aliphatic carbocycles. The van der Waals surface area contributed by atoms with Gasteiger partial charge in [-0.1, -0.05) is 35.5 Å². The van der Waals surface area contributed by atoms with E-state index in [1.54, 1.807) is 7.11 Å². The molecule has 6 nitrogen and oxygen atoms in total. The molecule has 1 fully saturated rings. The third kappa shape index (κ3) is 2.71. The third-order valence-electron chi connectivity index (χ3n) is 6.17. The van der Waals surface area contributed by atoms with E-state index in [0.717, 1.165) is 65.2 Å². The molecule has 1 aliphatic heterocycles. The predicted molar refractivity (Wildman–Crippen MR) is 121 cm³/mol. The Balaban J connectivity index is 1.61. The number of hydrogen-bond acceptors (Lipinski definition) is 6. The highest BCUT2D eigenvalue weighted by Gasteiger charge is 2.34. The summed E-state index contributed by atoms with van der Waals surface area (Å²) in [5, 5.41) is 8.69. The van der Waals surface area contributed by atoms with Gasteiger partial charge in [0.05, 0.1) is 29.4 Å². The van der Waals surface area contributed by atoms with Crippen LogP contribution in [0.4, 0.5) is 17.1 Å². The number of ether oxygens (including phenoxy) is 1. The van der Waals surface area contributed by atoms with Gasteiger partial charge in [0.1, 0.15) is 11.3 Å². The summed E-state index contributed by atoms with van der Waals surface area (Å²) in [6.07, 6.45) is 2.29. The number of rotatable bonds is 4. The first-order valence-electron chi connectivity index (χ1n) is 10.5. The fourth-order valence-electron chi connectivity index (χ4n) is 4.70. The van der Waals surface area contributed by atoms with Crippen molar-refractivity contribution < 1.29 is 14.1 Å². The fourth-order valence-corrected chi connectivity index (χ4v) is 4.70. The van der Waals surface area contributed by atoms with Gasteiger partial charge in [0.2, 0.25) is 0 Å². The number of ketones is 1. The number of nitrogens with one attached hydrogen (secondary N) is 1. The number of benzene rings is 3. The molecule has 3 aromatic carbocycles. The van der Waals surface area contributed by atoms with E-state index < -0.39 is 0 Å². The van der Waals surface area contributed by atoms with Gasteiger partial charge in [-0.25, -0.2) is 0 Å². The van der Waals surface area contributed by atoms with Crippen LogP contribution in [0, 0.1) is 0 Å². The number of anilines is 3. The molecule has 31 heavy (non-hydrogen) atoms. The van der Waals surface area contributed by atoms with Gasteiger partial charge in [-0.3, -0.25) is 4.79 Å². The standard InChI is InChI=1S/C25H21N3O3/c1-30-16-8-6-7-15(13-16)26-19-14-20(28-11-4-5-12-28)23-22-21(19)24(29)17-9-2-3-10-18(17)25(22)31-27-23/h2-3,6-10,13-14,26H,4-5,11-12H2,1H3. The summed E-state index contributed by atoms with van der Waals surface area (Å²) in [6, 6.07) is 17.3. The summed E-state index contributed by atoms with van der Waals surface area (Å²) in [5.74, 6) is 1.39. The van der Waals surface area contributed by atoms with Crippen molar-refractivity contribution in [3.8, 4) is 17.1 Å². The summed E-state index contributed by atoms with van der Waals surface area (Å²) in [4.78, 5) is 15.9. The van der Waals surface area contributed by atoms with E-state index in [2.05, 4.69) is 15.4 Å². The summed E-state index contributed by atoms with van der Waals surface area (Å²) in [5.41, 5.74) is 5.41. The molecular formula is C25H21N3O3. The summed E-state index contributed by atoms with van der Waals surface area (Å²) < 4.78 is 11.2. The summed E-state index contributed by atoms with van der Waals surface area (Å²) in [7, 11) is 1.64. The largest absolute Gasteiger partial charge is 0.497 e. The Labute approximate surface area is 179 Å². The molecule has 1 saturated heterocycles. The van der Waals surface area contributed by atoms with Crippen molar-refractivity contribution in [2.45, 2.75) is 12.8 Å². The van der Waals surface area contributed by atoms with Crippen molar-refractivity contribution in [1.29, 1.82) is 0 Å². The highest BCUT2D eigenvalue weighted by atomic mass is 16.5. The normalized spacial score (nSPS) is 14.7. The number of methoxy groups -OCH3 is 1. The Hall–Kier alpha value is -3.80. The van der Waals surface area contributed by atoms with Crippen molar-refractivity contribution in [3.05, 3.63) is 65.7 Å². The van der Waals surface area contributed by atoms with Gasteiger partial charge in [-0.2, -0.15) is 0 Å². The average molecular weight is 411 g/mol. The zero-order valence-electron chi connectivity index (χ0n) is 17.1. The second-order valence-electron chi connectivity index (χ2n) is 7.98. The Morgan fingerprint density at radius 1 is 1.03 bits per heavy atom. The smallest absolute Gasteiger partial charge is 0.196 e. The molecule has 1 N–H and O–H groups in total. The van der Waals surface area contributed by atoms with Crippen molar-refractivity contribution >= 4 is 33.7 Å². The van der Waals surface area contributed by atoms with Gasteiger partial charge >= 0.3 is 0 Å². The minimum Gasteiger partial charge on any atom is -0.497 e. The van der Waals surface area contributed by atoms with Crippen LogP contribution >= 0.6 is 0 Å². The zero-order valence-corrected chi connectivity index (χ0v) is 17.1. The van der Waals surface area contributed by atoms with Gasteiger partial charge < -0.3 is 19.5 Å². The van der Waals surface area contributed by atoms with E-state index in [0.29, 0.717) is 16.9 Å². The highest BCUT2D eigenvalue weighted by Crippen LogP contribution is 2.46. The van der Waals surface area contributed by atoms with Crippen LogP contribution in [0.25, 0.3) is 22.2 Å². The first-order valence-corrected chi connectivity index (χ1v) is 10.5. The molecule has 0 amide bonds. The molecule has 6 rings (SSSR count). The van der Waals surface area contributed by atoms with Gasteiger partial charge in [0, 0.05) is 36.0 Å². The van der Waals surface area contributed by atoms with E-state index in [1.807, 2.05) is 54.6 Å². The lowest BCUT2D eigenvalue weighted by molar-refractivity contribution is 0.104. The lowest BCUT2D eigenvalue weighted by Crippen LogP contribution is -2.19. The molecule has 0 bridgehead atoms. The van der Waals surface area contributed by atoms with Crippen LogP contribution in [0.2, 0.25) is 0 Å². The fraction of sp³-hybridized carbons (Fsp3) is 0.200. The SMILES string of the molecule is COc1cccc(Nc2cc(N3CCCC3)c3noc4c3c2C(=O)c2ccccc2-4)c1. The van der Waals surface area contributed by atoms with Crippen LogP contribution in [0.3, 0.4) is 0 Å². The van der Waals surface area contributed by atoms with Crippen molar-refractivity contribution in [1.82, 2.24) is 5.16 Å². The summed E-state index contributed by atoms with van der Waals surface area (Å²) in [6.45, 7) is 1.94. The predicted octanol–water partition coefficient (Wildman–Crippen LogP) is 5.39. The molecule has 0 spiro atoms.